The zero-order chi connectivity index (χ0) is 14.4. The monoisotopic (exact) mass is 272 g/mol. The van der Waals surface area contributed by atoms with Crippen molar-refractivity contribution < 1.29 is 9.21 Å². The summed E-state index contributed by atoms with van der Waals surface area (Å²) in [6.07, 6.45) is 1.64. The lowest BCUT2D eigenvalue weighted by Crippen LogP contribution is -2.34. The molecule has 0 saturated heterocycles. The first-order chi connectivity index (χ1) is 9.63. The molecular formula is C16H20N2O2. The molecule has 0 unspecified atom stereocenters. The van der Waals surface area contributed by atoms with Crippen LogP contribution in [0.5, 0.6) is 0 Å². The van der Waals surface area contributed by atoms with Crippen molar-refractivity contribution in [2.75, 3.05) is 13.6 Å². The second kappa shape index (κ2) is 6.91. The lowest BCUT2D eigenvalue weighted by atomic mass is 10.1. The van der Waals surface area contributed by atoms with Crippen LogP contribution in [0.25, 0.3) is 0 Å². The summed E-state index contributed by atoms with van der Waals surface area (Å²) in [5.41, 5.74) is 2.33. The van der Waals surface area contributed by atoms with Gasteiger partial charge in [0.1, 0.15) is 5.76 Å². The molecule has 106 valence electrons. The maximum Gasteiger partial charge on any atom is 0.234 e. The number of carbonyl (C=O) groups excluding carboxylic acids is 1. The minimum atomic E-state index is 0.0135. The Bertz CT molecular complexity index is 532. The third kappa shape index (κ3) is 4.55. The van der Waals surface area contributed by atoms with Gasteiger partial charge in [0.05, 0.1) is 19.4 Å². The molecule has 2 rings (SSSR count). The fourth-order valence-electron chi connectivity index (χ4n) is 1.93. The number of aryl methyl sites for hydroxylation is 1. The predicted molar refractivity (Wildman–Crippen MR) is 78.1 cm³/mol. The van der Waals surface area contributed by atoms with Crippen LogP contribution in [-0.2, 0) is 17.9 Å². The molecule has 1 aromatic carbocycles. The molecule has 0 saturated carbocycles. The molecule has 0 aliphatic carbocycles. The molecule has 0 spiro atoms. The smallest absolute Gasteiger partial charge is 0.234 e. The molecule has 1 aromatic heterocycles. The highest BCUT2D eigenvalue weighted by molar-refractivity contribution is 5.77. The summed E-state index contributed by atoms with van der Waals surface area (Å²) in [5.74, 6) is 0.874. The van der Waals surface area contributed by atoms with Gasteiger partial charge < -0.3 is 9.73 Å². The number of benzene rings is 1. The van der Waals surface area contributed by atoms with Crippen LogP contribution >= 0.6 is 0 Å². The average Bonchev–Trinajstić information content (AvgIpc) is 2.90. The van der Waals surface area contributed by atoms with E-state index in [4.69, 9.17) is 4.42 Å². The highest BCUT2D eigenvalue weighted by Gasteiger charge is 2.08. The summed E-state index contributed by atoms with van der Waals surface area (Å²) >= 11 is 0. The number of hydrogen-bond donors (Lipinski definition) is 1. The Morgan fingerprint density at radius 1 is 1.25 bits per heavy atom. The van der Waals surface area contributed by atoms with Crippen molar-refractivity contribution in [3.63, 3.8) is 0 Å². The van der Waals surface area contributed by atoms with Crippen molar-refractivity contribution in [3.8, 4) is 0 Å². The molecule has 1 N–H and O–H groups in total. The van der Waals surface area contributed by atoms with Gasteiger partial charge in [-0.25, -0.2) is 0 Å². The summed E-state index contributed by atoms with van der Waals surface area (Å²) in [6.45, 7) is 3.59. The van der Waals surface area contributed by atoms with Gasteiger partial charge in [0, 0.05) is 6.54 Å². The van der Waals surface area contributed by atoms with Gasteiger partial charge in [-0.15, -0.1) is 0 Å². The molecule has 1 amide bonds. The van der Waals surface area contributed by atoms with Gasteiger partial charge >= 0.3 is 0 Å². The Morgan fingerprint density at radius 3 is 2.65 bits per heavy atom. The van der Waals surface area contributed by atoms with E-state index < -0.39 is 0 Å². The van der Waals surface area contributed by atoms with Crippen molar-refractivity contribution in [1.29, 1.82) is 0 Å². The van der Waals surface area contributed by atoms with E-state index in [1.807, 2.05) is 55.3 Å². The Labute approximate surface area is 119 Å². The molecule has 0 radical (unpaired) electrons. The number of nitrogens with one attached hydrogen (secondary N) is 1. The lowest BCUT2D eigenvalue weighted by molar-refractivity contribution is -0.122. The van der Waals surface area contributed by atoms with Gasteiger partial charge in [-0.1, -0.05) is 29.8 Å². The standard InChI is InChI=1S/C16H20N2O2/c1-13-5-7-14(8-6-13)10-17-16(19)12-18(2)11-15-4-3-9-20-15/h3-9H,10-12H2,1-2H3,(H,17,19). The normalized spacial score (nSPS) is 10.8. The molecule has 4 heteroatoms. The predicted octanol–water partition coefficient (Wildman–Crippen LogP) is 2.34. The van der Waals surface area contributed by atoms with Gasteiger partial charge in [-0.3, -0.25) is 9.69 Å². The first kappa shape index (κ1) is 14.3. The van der Waals surface area contributed by atoms with Crippen LogP contribution in [0.2, 0.25) is 0 Å². The number of nitrogens with zero attached hydrogens (tertiary/aromatic N) is 1. The summed E-state index contributed by atoms with van der Waals surface area (Å²) < 4.78 is 5.25. The van der Waals surface area contributed by atoms with E-state index in [-0.39, 0.29) is 5.91 Å². The summed E-state index contributed by atoms with van der Waals surface area (Å²) in [5, 5.41) is 2.92. The summed E-state index contributed by atoms with van der Waals surface area (Å²) in [4.78, 5) is 13.8. The molecule has 1 heterocycles. The highest BCUT2D eigenvalue weighted by atomic mass is 16.3. The van der Waals surface area contributed by atoms with Crippen molar-refractivity contribution in [1.82, 2.24) is 10.2 Å². The van der Waals surface area contributed by atoms with E-state index >= 15 is 0 Å². The maximum absolute atomic E-state index is 11.8. The highest BCUT2D eigenvalue weighted by Crippen LogP contribution is 2.04. The Morgan fingerprint density at radius 2 is 2.00 bits per heavy atom. The fraction of sp³-hybridized carbons (Fsp3) is 0.312. The van der Waals surface area contributed by atoms with Crippen molar-refractivity contribution >= 4 is 5.91 Å². The van der Waals surface area contributed by atoms with Gasteiger partial charge in [-0.05, 0) is 31.7 Å². The zero-order valence-electron chi connectivity index (χ0n) is 11.9. The van der Waals surface area contributed by atoms with E-state index in [0.29, 0.717) is 19.6 Å². The minimum Gasteiger partial charge on any atom is -0.468 e. The number of furan rings is 1. The third-order valence-corrected chi connectivity index (χ3v) is 3.03. The van der Waals surface area contributed by atoms with Crippen molar-refractivity contribution in [2.45, 2.75) is 20.0 Å². The number of hydrogen-bond acceptors (Lipinski definition) is 3. The van der Waals surface area contributed by atoms with Gasteiger partial charge in [0.25, 0.3) is 0 Å². The summed E-state index contributed by atoms with van der Waals surface area (Å²) in [6, 6.07) is 11.9. The van der Waals surface area contributed by atoms with Crippen LogP contribution < -0.4 is 5.32 Å². The number of carbonyl (C=O) groups is 1. The van der Waals surface area contributed by atoms with E-state index in [2.05, 4.69) is 5.32 Å². The SMILES string of the molecule is Cc1ccc(CNC(=O)CN(C)Cc2ccco2)cc1. The third-order valence-electron chi connectivity index (χ3n) is 3.03. The molecule has 0 bridgehead atoms. The largest absolute Gasteiger partial charge is 0.468 e. The van der Waals surface area contributed by atoms with E-state index in [1.165, 1.54) is 5.56 Å². The zero-order valence-corrected chi connectivity index (χ0v) is 11.9. The molecule has 20 heavy (non-hydrogen) atoms. The van der Waals surface area contributed by atoms with E-state index in [1.54, 1.807) is 6.26 Å². The molecule has 0 atom stereocenters. The molecule has 2 aromatic rings. The quantitative estimate of drug-likeness (QED) is 0.878. The van der Waals surface area contributed by atoms with Crippen LogP contribution in [0.3, 0.4) is 0 Å². The number of likely N-dealkylation sites (N-methyl/N-ethyl adjacent to an activating group) is 1. The van der Waals surface area contributed by atoms with Crippen molar-refractivity contribution in [3.05, 3.63) is 59.5 Å². The average molecular weight is 272 g/mol. The van der Waals surface area contributed by atoms with Crippen LogP contribution in [0.15, 0.2) is 47.1 Å². The van der Waals surface area contributed by atoms with Gasteiger partial charge in [-0.2, -0.15) is 0 Å². The molecule has 0 aliphatic rings. The molecule has 0 aliphatic heterocycles. The first-order valence-electron chi connectivity index (χ1n) is 6.66. The second-order valence-electron chi connectivity index (χ2n) is 5.01. The number of rotatable bonds is 6. The summed E-state index contributed by atoms with van der Waals surface area (Å²) in [7, 11) is 1.90. The van der Waals surface area contributed by atoms with Gasteiger partial charge in [0.2, 0.25) is 5.91 Å². The van der Waals surface area contributed by atoms with Crippen LogP contribution in [0, 0.1) is 6.92 Å². The van der Waals surface area contributed by atoms with Crippen molar-refractivity contribution in [2.24, 2.45) is 0 Å². The Kier molecular flexibility index (Phi) is 4.96. The Balaban J connectivity index is 1.73. The number of amides is 1. The van der Waals surface area contributed by atoms with E-state index in [0.717, 1.165) is 11.3 Å². The minimum absolute atomic E-state index is 0.0135. The topological polar surface area (TPSA) is 45.5 Å². The first-order valence-corrected chi connectivity index (χ1v) is 6.66. The van der Waals surface area contributed by atoms with Gasteiger partial charge in [0.15, 0.2) is 0 Å². The van der Waals surface area contributed by atoms with E-state index in [9.17, 15) is 4.79 Å². The Hall–Kier alpha value is -2.07. The fourth-order valence-corrected chi connectivity index (χ4v) is 1.93. The second-order valence-corrected chi connectivity index (χ2v) is 5.01. The lowest BCUT2D eigenvalue weighted by Gasteiger charge is -2.14. The molecular weight excluding hydrogens is 252 g/mol. The maximum atomic E-state index is 11.8. The molecule has 4 nitrogen and oxygen atoms in total. The molecule has 0 fully saturated rings. The van der Waals surface area contributed by atoms with Crippen LogP contribution in [0.4, 0.5) is 0 Å². The van der Waals surface area contributed by atoms with Crippen LogP contribution in [-0.4, -0.2) is 24.4 Å². The van der Waals surface area contributed by atoms with Crippen LogP contribution in [0.1, 0.15) is 16.9 Å².